The fourth-order valence-electron chi connectivity index (χ4n) is 13.4. The Morgan fingerprint density at radius 2 is 0.753 bits per heavy atom. The molecule has 0 unspecified atom stereocenters. The van der Waals surface area contributed by atoms with Crippen LogP contribution in [0.25, 0.3) is 66.3 Å². The van der Waals surface area contributed by atoms with E-state index in [0.717, 1.165) is 101 Å². The minimum Gasteiger partial charge on any atom is -0.456 e. The normalized spacial score (nSPS) is 13.6. The molecule has 16 rings (SSSR count). The van der Waals surface area contributed by atoms with Crippen molar-refractivity contribution in [2.45, 2.75) is 24.7 Å². The van der Waals surface area contributed by atoms with Gasteiger partial charge in [-0.15, -0.1) is 0 Å². The molecule has 3 heterocycles. The zero-order chi connectivity index (χ0) is 53.8. The molecule has 0 saturated carbocycles. The van der Waals surface area contributed by atoms with Crippen molar-refractivity contribution in [1.29, 1.82) is 0 Å². The van der Waals surface area contributed by atoms with Crippen molar-refractivity contribution >= 4 is 67.0 Å². The molecule has 0 bridgehead atoms. The third-order valence-electron chi connectivity index (χ3n) is 17.2. The van der Waals surface area contributed by atoms with Crippen molar-refractivity contribution in [1.82, 2.24) is 0 Å². The van der Waals surface area contributed by atoms with E-state index in [1.54, 1.807) is 0 Å². The van der Waals surface area contributed by atoms with Gasteiger partial charge >= 0.3 is 0 Å². The monoisotopic (exact) mass is 1040 g/mol. The van der Waals surface area contributed by atoms with Crippen LogP contribution in [0.5, 0.6) is 11.5 Å². The van der Waals surface area contributed by atoms with Crippen LogP contribution in [-0.4, -0.2) is 0 Å². The molecule has 1 spiro atoms. The highest BCUT2D eigenvalue weighted by atomic mass is 16.5. The maximum Gasteiger partial charge on any atom is 0.178 e. The number of hydrogen-bond acceptors (Lipinski definition) is 5. The SMILES string of the molecule is CC1(C)c2ccccc2-c2ccc(N(c3ccccccccc3)c3ccc4c(c3)Oc3c(oc5ccc(N(c6ccc(-c7ccccc7)cc6)c6ccc7oc8ccccc8c7c6)cc35)C43c4ccccc4-c4ccccc43)cc21. The molecule has 1 aliphatic heterocycles. The third kappa shape index (κ3) is 7.11. The van der Waals surface area contributed by atoms with Gasteiger partial charge in [0.25, 0.3) is 0 Å². The first-order valence-corrected chi connectivity index (χ1v) is 27.8. The zero-order valence-electron chi connectivity index (χ0n) is 44.7. The van der Waals surface area contributed by atoms with E-state index in [9.17, 15) is 0 Å². The van der Waals surface area contributed by atoms with Crippen molar-refractivity contribution in [2.75, 3.05) is 9.80 Å². The second-order valence-electron chi connectivity index (χ2n) is 21.9. The summed E-state index contributed by atoms with van der Waals surface area (Å²) in [5.74, 6) is 2.21. The number of rotatable bonds is 7. The minimum atomic E-state index is -0.849. The first kappa shape index (κ1) is 46.7. The Morgan fingerprint density at radius 3 is 1.46 bits per heavy atom. The average molecular weight is 1040 g/mol. The summed E-state index contributed by atoms with van der Waals surface area (Å²) in [5.41, 5.74) is 20.6. The van der Waals surface area contributed by atoms with E-state index < -0.39 is 5.41 Å². The molecule has 5 heteroatoms. The molecule has 384 valence electrons. The summed E-state index contributed by atoms with van der Waals surface area (Å²) >= 11 is 0. The highest BCUT2D eigenvalue weighted by Crippen LogP contribution is 2.65. The fraction of sp³-hybridized carbons (Fsp3) is 0.0526. The molecule has 81 heavy (non-hydrogen) atoms. The lowest BCUT2D eigenvalue weighted by Crippen LogP contribution is -2.31. The number of para-hydroxylation sites is 1. The molecule has 3 aliphatic rings. The molecular weight excluding hydrogens is 989 g/mol. The molecule has 0 amide bonds. The van der Waals surface area contributed by atoms with Gasteiger partial charge in [-0.3, -0.25) is 0 Å². The second-order valence-corrected chi connectivity index (χ2v) is 21.9. The van der Waals surface area contributed by atoms with Gasteiger partial charge in [-0.05, 0) is 141 Å². The first-order chi connectivity index (χ1) is 39.9. The Hall–Kier alpha value is -10.4. The highest BCUT2D eigenvalue weighted by Gasteiger charge is 2.54. The smallest absolute Gasteiger partial charge is 0.178 e. The van der Waals surface area contributed by atoms with Gasteiger partial charge in [-0.2, -0.15) is 0 Å². The Morgan fingerprint density at radius 1 is 0.296 bits per heavy atom. The Bertz CT molecular complexity index is 4670. The molecule has 11 aromatic carbocycles. The van der Waals surface area contributed by atoms with Crippen LogP contribution in [0.3, 0.4) is 0 Å². The lowest BCUT2D eigenvalue weighted by molar-refractivity contribution is 0.389. The van der Waals surface area contributed by atoms with Crippen molar-refractivity contribution < 1.29 is 13.6 Å². The number of benzene rings is 10. The Balaban J connectivity index is 0.914. The summed E-state index contributed by atoms with van der Waals surface area (Å²) in [6.45, 7) is 4.69. The Kier molecular flexibility index (Phi) is 10.4. The van der Waals surface area contributed by atoms with Crippen LogP contribution in [0.1, 0.15) is 47.4 Å². The summed E-state index contributed by atoms with van der Waals surface area (Å²) in [4.78, 5) is 4.70. The molecule has 5 nitrogen and oxygen atoms in total. The first-order valence-electron chi connectivity index (χ1n) is 27.8. The largest absolute Gasteiger partial charge is 0.456 e. The van der Waals surface area contributed by atoms with Gasteiger partial charge in [-0.1, -0.05) is 202 Å². The van der Waals surface area contributed by atoms with Gasteiger partial charge in [0.05, 0.1) is 5.39 Å². The van der Waals surface area contributed by atoms with Gasteiger partial charge < -0.3 is 23.4 Å². The lowest BCUT2D eigenvalue weighted by atomic mass is 9.69. The van der Waals surface area contributed by atoms with Gasteiger partial charge in [0.2, 0.25) is 0 Å². The fourth-order valence-corrected chi connectivity index (χ4v) is 13.4. The summed E-state index contributed by atoms with van der Waals surface area (Å²) in [5, 5.41) is 3.00. The predicted octanol–water partition coefficient (Wildman–Crippen LogP) is 20.8. The molecule has 0 radical (unpaired) electrons. The van der Waals surface area contributed by atoms with E-state index in [2.05, 4.69) is 285 Å². The average Bonchev–Trinajstić information content (AvgIpc) is 3.17. The summed E-state index contributed by atoms with van der Waals surface area (Å²) in [6.07, 6.45) is 0. The van der Waals surface area contributed by atoms with Gasteiger partial charge in [0.1, 0.15) is 27.9 Å². The molecule has 0 saturated heterocycles. The molecule has 2 aliphatic carbocycles. The number of anilines is 6. The third-order valence-corrected chi connectivity index (χ3v) is 17.2. The molecule has 0 atom stereocenters. The number of furan rings is 2. The second kappa shape index (κ2) is 18.1. The number of ether oxygens (including phenoxy) is 1. The number of hydrogen-bond donors (Lipinski definition) is 0. The van der Waals surface area contributed by atoms with E-state index in [0.29, 0.717) is 5.75 Å². The van der Waals surface area contributed by atoms with Gasteiger partial charge in [0, 0.05) is 61.9 Å². The standard InChI is InChI=1S/C76H52N2O3/c1-75(2)64-29-17-13-25-57(64)60-41-37-55(47-68(60)75)77(51-23-11-6-4-3-5-7-12-24-51)56-38-42-67-72(48-56)80-73-63-46-54(40-44-71(63)81-74(73)76(67)65-30-18-14-26-58(65)59-27-15-19-31-66(59)76)78(52-35-33-50(34-36-52)49-21-9-8-10-22-49)53-39-43-70-62(45-53)61-28-16-20-32-69(61)79-70/h3-48H,1-2H3. The van der Waals surface area contributed by atoms with E-state index in [1.165, 1.54) is 38.9 Å². The van der Waals surface area contributed by atoms with Crippen molar-refractivity contribution in [3.63, 3.8) is 0 Å². The number of nitrogens with zero attached hydrogens (tertiary/aromatic N) is 2. The number of fused-ring (bicyclic) bond motifs is 17. The summed E-state index contributed by atoms with van der Waals surface area (Å²) in [6, 6.07) is 99.8. The topological polar surface area (TPSA) is 42.0 Å². The lowest BCUT2D eigenvalue weighted by Gasteiger charge is -2.37. The highest BCUT2D eigenvalue weighted by molar-refractivity contribution is 6.07. The van der Waals surface area contributed by atoms with Crippen LogP contribution in [-0.2, 0) is 10.8 Å². The van der Waals surface area contributed by atoms with Gasteiger partial charge in [0.15, 0.2) is 11.5 Å². The van der Waals surface area contributed by atoms with Crippen LogP contribution in [0.2, 0.25) is 0 Å². The van der Waals surface area contributed by atoms with Crippen molar-refractivity contribution in [3.8, 4) is 44.9 Å². The van der Waals surface area contributed by atoms with E-state index in [-0.39, 0.29) is 5.41 Å². The molecule has 0 fully saturated rings. The van der Waals surface area contributed by atoms with Crippen LogP contribution in [0.4, 0.5) is 34.1 Å². The van der Waals surface area contributed by atoms with Crippen LogP contribution in [0, 0.1) is 0 Å². The quantitative estimate of drug-likeness (QED) is 0.159. The van der Waals surface area contributed by atoms with Crippen molar-refractivity contribution in [3.05, 3.63) is 313 Å². The van der Waals surface area contributed by atoms with Crippen LogP contribution < -0.4 is 14.5 Å². The molecule has 13 aromatic rings. The van der Waals surface area contributed by atoms with Crippen LogP contribution >= 0.6 is 0 Å². The van der Waals surface area contributed by atoms with E-state index in [1.807, 2.05) is 18.2 Å². The van der Waals surface area contributed by atoms with E-state index >= 15 is 0 Å². The predicted molar refractivity (Wildman–Crippen MR) is 331 cm³/mol. The maximum absolute atomic E-state index is 7.58. The van der Waals surface area contributed by atoms with E-state index in [4.69, 9.17) is 13.6 Å². The van der Waals surface area contributed by atoms with Crippen molar-refractivity contribution in [2.24, 2.45) is 0 Å². The van der Waals surface area contributed by atoms with Crippen LogP contribution in [0.15, 0.2) is 288 Å². The molecule has 2 aromatic heterocycles. The minimum absolute atomic E-state index is 0.199. The summed E-state index contributed by atoms with van der Waals surface area (Å²) < 4.78 is 21.3. The maximum atomic E-state index is 7.58. The zero-order valence-corrected chi connectivity index (χ0v) is 44.7. The summed E-state index contributed by atoms with van der Waals surface area (Å²) in [7, 11) is 0. The van der Waals surface area contributed by atoms with Gasteiger partial charge in [-0.25, -0.2) is 0 Å². The molecule has 0 N–H and O–H groups in total. The molecular formula is C76H52N2O3. The Labute approximate surface area is 470 Å².